The van der Waals surface area contributed by atoms with E-state index in [0.29, 0.717) is 23.5 Å². The van der Waals surface area contributed by atoms with Gasteiger partial charge in [-0.25, -0.2) is 0 Å². The smallest absolute Gasteiger partial charge is 0.292 e. The number of carbonyl (C=O) groups is 1. The largest absolute Gasteiger partial charge is 0.375 e. The van der Waals surface area contributed by atoms with Crippen LogP contribution in [0, 0.1) is 10.1 Å². The first-order valence-electron chi connectivity index (χ1n) is 6.11. The van der Waals surface area contributed by atoms with Gasteiger partial charge in [-0.1, -0.05) is 0 Å². The molecule has 0 aliphatic carbocycles. The summed E-state index contributed by atoms with van der Waals surface area (Å²) in [7, 11) is 0. The number of amides is 1. The molecule has 21 heavy (non-hydrogen) atoms. The molecule has 8 heteroatoms. The minimum atomic E-state index is -0.435. The lowest BCUT2D eigenvalue weighted by molar-refractivity contribution is -0.384. The van der Waals surface area contributed by atoms with Crippen molar-refractivity contribution in [2.75, 3.05) is 10.6 Å². The fraction of sp³-hybridized carbons (Fsp3) is 0.154. The number of thiophene rings is 1. The molecule has 2 heterocycles. The molecule has 0 radical (unpaired) electrons. The normalized spacial score (nSPS) is 12.9. The van der Waals surface area contributed by atoms with E-state index in [4.69, 9.17) is 0 Å². The van der Waals surface area contributed by atoms with Crippen molar-refractivity contribution in [3.05, 3.63) is 48.6 Å². The second-order valence-electron chi connectivity index (χ2n) is 4.59. The topological polar surface area (TPSA) is 84.3 Å². The lowest BCUT2D eigenvalue weighted by atomic mass is 10.1. The molecule has 0 atom stereocenters. The molecule has 0 fully saturated rings. The molecule has 108 valence electrons. The van der Waals surface area contributed by atoms with Gasteiger partial charge in [-0.2, -0.15) is 0 Å². The third kappa shape index (κ3) is 2.91. The maximum atomic E-state index is 11.4. The van der Waals surface area contributed by atoms with Crippen molar-refractivity contribution in [2.45, 2.75) is 13.0 Å². The number of fused-ring (bicyclic) bond motifs is 1. The number of benzene rings is 1. The van der Waals surface area contributed by atoms with Crippen molar-refractivity contribution < 1.29 is 9.72 Å². The molecule has 1 aliphatic heterocycles. The van der Waals surface area contributed by atoms with Crippen LogP contribution in [0.2, 0.25) is 0 Å². The number of hydrogen-bond donors (Lipinski definition) is 2. The van der Waals surface area contributed by atoms with Crippen LogP contribution in [0.3, 0.4) is 0 Å². The zero-order valence-electron chi connectivity index (χ0n) is 10.7. The molecule has 6 nitrogen and oxygen atoms in total. The van der Waals surface area contributed by atoms with Gasteiger partial charge >= 0.3 is 0 Å². The van der Waals surface area contributed by atoms with Gasteiger partial charge in [0.2, 0.25) is 5.91 Å². The highest BCUT2D eigenvalue weighted by atomic mass is 79.9. The molecular weight excluding hydrogens is 358 g/mol. The fourth-order valence-corrected chi connectivity index (χ4v) is 3.57. The molecule has 2 N–H and O–H groups in total. The Morgan fingerprint density at radius 1 is 1.43 bits per heavy atom. The number of nitro benzene ring substituents is 1. The Balaban J connectivity index is 1.88. The lowest BCUT2D eigenvalue weighted by Crippen LogP contribution is -2.04. The number of nitrogens with zero attached hydrogens (tertiary/aromatic N) is 1. The van der Waals surface area contributed by atoms with Crippen LogP contribution >= 0.6 is 27.3 Å². The van der Waals surface area contributed by atoms with Gasteiger partial charge in [-0.05, 0) is 33.6 Å². The Morgan fingerprint density at radius 2 is 2.24 bits per heavy atom. The van der Waals surface area contributed by atoms with Crippen LogP contribution in [-0.4, -0.2) is 10.8 Å². The Labute approximate surface area is 132 Å². The number of nitrogens with one attached hydrogen (secondary N) is 2. The summed E-state index contributed by atoms with van der Waals surface area (Å²) >= 11 is 4.93. The summed E-state index contributed by atoms with van der Waals surface area (Å²) in [5.74, 6) is -0.140. The Kier molecular flexibility index (Phi) is 3.64. The Bertz CT molecular complexity index is 744. The van der Waals surface area contributed by atoms with Crippen LogP contribution in [0.1, 0.15) is 10.4 Å². The van der Waals surface area contributed by atoms with Crippen molar-refractivity contribution in [1.29, 1.82) is 0 Å². The molecule has 1 aliphatic rings. The van der Waals surface area contributed by atoms with Crippen LogP contribution in [-0.2, 0) is 17.8 Å². The lowest BCUT2D eigenvalue weighted by Gasteiger charge is -2.08. The highest BCUT2D eigenvalue weighted by molar-refractivity contribution is 9.10. The predicted molar refractivity (Wildman–Crippen MR) is 84.8 cm³/mol. The summed E-state index contributed by atoms with van der Waals surface area (Å²) in [4.78, 5) is 23.2. The van der Waals surface area contributed by atoms with Crippen molar-refractivity contribution in [2.24, 2.45) is 0 Å². The first-order chi connectivity index (χ1) is 10.0. The number of halogens is 1. The van der Waals surface area contributed by atoms with Crippen LogP contribution < -0.4 is 10.6 Å². The van der Waals surface area contributed by atoms with Crippen molar-refractivity contribution in [3.8, 4) is 0 Å². The molecule has 3 rings (SSSR count). The second-order valence-corrected chi connectivity index (χ2v) is 6.50. The summed E-state index contributed by atoms with van der Waals surface area (Å²) in [5.41, 5.74) is 1.70. The van der Waals surface area contributed by atoms with Crippen molar-refractivity contribution in [3.63, 3.8) is 0 Å². The van der Waals surface area contributed by atoms with Gasteiger partial charge < -0.3 is 10.6 Å². The van der Waals surface area contributed by atoms with E-state index in [9.17, 15) is 14.9 Å². The van der Waals surface area contributed by atoms with Gasteiger partial charge in [0.15, 0.2) is 0 Å². The first kappa shape index (κ1) is 14.0. The van der Waals surface area contributed by atoms with Crippen LogP contribution in [0.5, 0.6) is 0 Å². The maximum Gasteiger partial charge on any atom is 0.292 e. The SMILES string of the molecule is O=C1Cc2cc([N+](=O)[O-])c(NCc3cc(Br)cs3)cc2N1. The highest BCUT2D eigenvalue weighted by Gasteiger charge is 2.24. The number of nitro groups is 1. The molecule has 0 unspecified atom stereocenters. The van der Waals surface area contributed by atoms with E-state index in [1.165, 1.54) is 6.07 Å². The van der Waals surface area contributed by atoms with Crippen LogP contribution in [0.15, 0.2) is 28.1 Å². The van der Waals surface area contributed by atoms with Gasteiger partial charge in [-0.3, -0.25) is 14.9 Å². The third-order valence-corrected chi connectivity index (χ3v) is 4.82. The maximum absolute atomic E-state index is 11.4. The molecule has 1 aromatic carbocycles. The van der Waals surface area contributed by atoms with E-state index in [0.717, 1.165) is 9.35 Å². The molecule has 0 saturated carbocycles. The number of hydrogen-bond acceptors (Lipinski definition) is 5. The van der Waals surface area contributed by atoms with E-state index in [-0.39, 0.29) is 18.0 Å². The summed E-state index contributed by atoms with van der Waals surface area (Å²) < 4.78 is 0.986. The average molecular weight is 368 g/mol. The van der Waals surface area contributed by atoms with E-state index in [2.05, 4.69) is 26.6 Å². The molecular formula is C13H10BrN3O3S. The quantitative estimate of drug-likeness (QED) is 0.639. The predicted octanol–water partition coefficient (Wildman–Crippen LogP) is 3.53. The van der Waals surface area contributed by atoms with Gasteiger partial charge in [-0.15, -0.1) is 11.3 Å². The van der Waals surface area contributed by atoms with Gasteiger partial charge in [0.1, 0.15) is 5.69 Å². The van der Waals surface area contributed by atoms with E-state index in [1.54, 1.807) is 17.4 Å². The van der Waals surface area contributed by atoms with Crippen LogP contribution in [0.25, 0.3) is 0 Å². The minimum Gasteiger partial charge on any atom is -0.375 e. The molecule has 0 saturated heterocycles. The number of carbonyl (C=O) groups excluding carboxylic acids is 1. The number of anilines is 2. The Morgan fingerprint density at radius 3 is 2.90 bits per heavy atom. The van der Waals surface area contributed by atoms with E-state index in [1.807, 2.05) is 11.4 Å². The van der Waals surface area contributed by atoms with E-state index >= 15 is 0 Å². The minimum absolute atomic E-state index is 0.0131. The van der Waals surface area contributed by atoms with Crippen LogP contribution in [0.4, 0.5) is 17.1 Å². The Hall–Kier alpha value is -1.93. The van der Waals surface area contributed by atoms with Gasteiger partial charge in [0, 0.05) is 33.0 Å². The summed E-state index contributed by atoms with van der Waals surface area (Å²) in [6.07, 6.45) is 0.189. The van der Waals surface area contributed by atoms with Gasteiger partial charge in [0.05, 0.1) is 11.3 Å². The van der Waals surface area contributed by atoms with Crippen molar-refractivity contribution >= 4 is 50.2 Å². The summed E-state index contributed by atoms with van der Waals surface area (Å²) in [6, 6.07) is 5.04. The third-order valence-electron chi connectivity index (χ3n) is 3.12. The molecule has 0 bridgehead atoms. The monoisotopic (exact) mass is 367 g/mol. The van der Waals surface area contributed by atoms with Gasteiger partial charge in [0.25, 0.3) is 5.69 Å². The molecule has 0 spiro atoms. The standard InChI is InChI=1S/C13H10BrN3O3S/c14-8-3-9(21-6-8)5-15-11-4-10-7(2-13(18)16-10)1-12(11)17(19)20/h1,3-4,6,15H,2,5H2,(H,16,18). The zero-order chi connectivity index (χ0) is 15.0. The van der Waals surface area contributed by atoms with E-state index < -0.39 is 4.92 Å². The first-order valence-corrected chi connectivity index (χ1v) is 7.78. The molecule has 2 aromatic rings. The van der Waals surface area contributed by atoms with Crippen molar-refractivity contribution in [1.82, 2.24) is 0 Å². The number of rotatable bonds is 4. The summed E-state index contributed by atoms with van der Waals surface area (Å²) in [6.45, 7) is 0.490. The summed E-state index contributed by atoms with van der Waals surface area (Å²) in [5, 5.41) is 18.9. The molecule has 1 amide bonds. The fourth-order valence-electron chi connectivity index (χ4n) is 2.18. The average Bonchev–Trinajstić information content (AvgIpc) is 2.99. The molecule has 1 aromatic heterocycles. The highest BCUT2D eigenvalue weighted by Crippen LogP contribution is 2.35. The zero-order valence-corrected chi connectivity index (χ0v) is 13.1. The second kappa shape index (κ2) is 5.45.